The summed E-state index contributed by atoms with van der Waals surface area (Å²) < 4.78 is 5.26. The van der Waals surface area contributed by atoms with Gasteiger partial charge in [-0.3, -0.25) is 14.4 Å². The summed E-state index contributed by atoms with van der Waals surface area (Å²) in [6.45, 7) is 7.08. The van der Waals surface area contributed by atoms with Gasteiger partial charge in [0, 0.05) is 63.9 Å². The third-order valence-electron chi connectivity index (χ3n) is 6.62. The second kappa shape index (κ2) is 11.9. The number of nitrogens with one attached hydrogen (secondary N) is 2. The minimum absolute atomic E-state index is 0.0225. The van der Waals surface area contributed by atoms with Crippen LogP contribution in [0, 0.1) is 0 Å². The molecule has 0 bridgehead atoms. The number of benzene rings is 2. The molecule has 0 spiro atoms. The summed E-state index contributed by atoms with van der Waals surface area (Å²) in [5.74, 6) is 0.418. The van der Waals surface area contributed by atoms with E-state index in [-0.39, 0.29) is 17.7 Å². The van der Waals surface area contributed by atoms with E-state index in [0.29, 0.717) is 55.3 Å². The van der Waals surface area contributed by atoms with Crippen LogP contribution in [0.3, 0.4) is 0 Å². The number of rotatable bonds is 5. The summed E-state index contributed by atoms with van der Waals surface area (Å²) in [6.07, 6.45) is 1.71. The lowest BCUT2D eigenvalue weighted by atomic mass is 10.1. The lowest BCUT2D eigenvalue weighted by Crippen LogP contribution is -2.35. The normalized spacial score (nSPS) is 16.7. The molecule has 0 atom stereocenters. The molecule has 192 valence electrons. The maximum absolute atomic E-state index is 13.2. The molecule has 2 heterocycles. The number of carbonyl (C=O) groups excluding carboxylic acids is 3. The van der Waals surface area contributed by atoms with Gasteiger partial charge >= 0.3 is 0 Å². The zero-order valence-electron chi connectivity index (χ0n) is 21.1. The molecule has 2 N–H and O–H groups in total. The van der Waals surface area contributed by atoms with Crippen molar-refractivity contribution in [2.24, 2.45) is 0 Å². The summed E-state index contributed by atoms with van der Waals surface area (Å²) in [5.41, 5.74) is 2.64. The van der Waals surface area contributed by atoms with Gasteiger partial charge < -0.3 is 30.1 Å². The first-order valence-corrected chi connectivity index (χ1v) is 12.6. The van der Waals surface area contributed by atoms with E-state index in [1.54, 1.807) is 25.3 Å². The van der Waals surface area contributed by atoms with Gasteiger partial charge in [0.05, 0.1) is 18.5 Å². The Labute approximate surface area is 212 Å². The number of carbonyl (C=O) groups is 3. The first kappa shape index (κ1) is 25.5. The molecule has 0 saturated carbocycles. The van der Waals surface area contributed by atoms with E-state index < -0.39 is 0 Å². The van der Waals surface area contributed by atoms with E-state index in [2.05, 4.69) is 15.5 Å². The van der Waals surface area contributed by atoms with E-state index in [1.807, 2.05) is 34.1 Å². The number of ether oxygens (including phenoxy) is 1. The van der Waals surface area contributed by atoms with Crippen molar-refractivity contribution < 1.29 is 19.1 Å². The van der Waals surface area contributed by atoms with E-state index >= 15 is 0 Å². The van der Waals surface area contributed by atoms with Crippen molar-refractivity contribution >= 4 is 29.1 Å². The molecule has 2 aliphatic rings. The molecular formula is C27H35N5O4. The molecule has 0 aromatic heterocycles. The lowest BCUT2D eigenvalue weighted by molar-refractivity contribution is -0.114. The van der Waals surface area contributed by atoms with Gasteiger partial charge in [-0.15, -0.1) is 0 Å². The molecule has 36 heavy (non-hydrogen) atoms. The minimum Gasteiger partial charge on any atom is -0.497 e. The van der Waals surface area contributed by atoms with Crippen LogP contribution in [-0.4, -0.2) is 87.0 Å². The van der Waals surface area contributed by atoms with Crippen LogP contribution in [0.5, 0.6) is 5.75 Å². The predicted octanol–water partition coefficient (Wildman–Crippen LogP) is 2.44. The highest BCUT2D eigenvalue weighted by atomic mass is 16.5. The van der Waals surface area contributed by atoms with Gasteiger partial charge in [0.15, 0.2) is 0 Å². The summed E-state index contributed by atoms with van der Waals surface area (Å²) >= 11 is 0. The zero-order valence-corrected chi connectivity index (χ0v) is 21.1. The quantitative estimate of drug-likeness (QED) is 0.665. The SMILES string of the molecule is COc1cccc(C(=O)N2CCCN(c3ccc(C(=O)N4CCCNCC4)cc3NC(C)=O)CC2)c1. The van der Waals surface area contributed by atoms with Crippen molar-refractivity contribution in [3.8, 4) is 5.75 Å². The number of nitrogens with zero attached hydrogens (tertiary/aromatic N) is 3. The molecule has 4 rings (SSSR count). The Hall–Kier alpha value is -3.59. The number of hydrogen-bond donors (Lipinski definition) is 2. The van der Waals surface area contributed by atoms with Crippen LogP contribution in [-0.2, 0) is 4.79 Å². The molecule has 9 nitrogen and oxygen atoms in total. The van der Waals surface area contributed by atoms with Crippen molar-refractivity contribution in [1.82, 2.24) is 15.1 Å². The Morgan fingerprint density at radius 2 is 1.58 bits per heavy atom. The van der Waals surface area contributed by atoms with Gasteiger partial charge in [0.25, 0.3) is 11.8 Å². The highest BCUT2D eigenvalue weighted by molar-refractivity contribution is 5.99. The Morgan fingerprint density at radius 3 is 2.36 bits per heavy atom. The average molecular weight is 494 g/mol. The highest BCUT2D eigenvalue weighted by Gasteiger charge is 2.24. The Balaban J connectivity index is 1.50. The van der Waals surface area contributed by atoms with E-state index in [0.717, 1.165) is 38.2 Å². The Kier molecular flexibility index (Phi) is 8.43. The zero-order chi connectivity index (χ0) is 25.5. The number of anilines is 2. The molecule has 2 fully saturated rings. The van der Waals surface area contributed by atoms with E-state index in [4.69, 9.17) is 4.74 Å². The van der Waals surface area contributed by atoms with Gasteiger partial charge in [-0.2, -0.15) is 0 Å². The lowest BCUT2D eigenvalue weighted by Gasteiger charge is -2.27. The van der Waals surface area contributed by atoms with Gasteiger partial charge in [0.1, 0.15) is 5.75 Å². The van der Waals surface area contributed by atoms with Crippen LogP contribution < -0.4 is 20.3 Å². The number of methoxy groups -OCH3 is 1. The predicted molar refractivity (Wildman–Crippen MR) is 140 cm³/mol. The molecule has 0 unspecified atom stereocenters. The monoisotopic (exact) mass is 493 g/mol. The van der Waals surface area contributed by atoms with Crippen LogP contribution in [0.15, 0.2) is 42.5 Å². The summed E-state index contributed by atoms with van der Waals surface area (Å²) in [5, 5.41) is 6.23. The van der Waals surface area contributed by atoms with Crippen molar-refractivity contribution in [3.63, 3.8) is 0 Å². The smallest absolute Gasteiger partial charge is 0.254 e. The fourth-order valence-corrected chi connectivity index (χ4v) is 4.77. The molecule has 2 aromatic carbocycles. The number of hydrogen-bond acceptors (Lipinski definition) is 6. The van der Waals surface area contributed by atoms with E-state index in [1.165, 1.54) is 6.92 Å². The third kappa shape index (κ3) is 6.15. The highest BCUT2D eigenvalue weighted by Crippen LogP contribution is 2.29. The van der Waals surface area contributed by atoms with Crippen molar-refractivity contribution in [2.75, 3.05) is 69.7 Å². The van der Waals surface area contributed by atoms with Crippen LogP contribution in [0.25, 0.3) is 0 Å². The average Bonchev–Trinajstić information content (AvgIpc) is 3.31. The summed E-state index contributed by atoms with van der Waals surface area (Å²) in [6, 6.07) is 12.7. The second-order valence-corrected chi connectivity index (χ2v) is 9.17. The van der Waals surface area contributed by atoms with Crippen molar-refractivity contribution in [3.05, 3.63) is 53.6 Å². The third-order valence-corrected chi connectivity index (χ3v) is 6.62. The van der Waals surface area contributed by atoms with Gasteiger partial charge in [-0.25, -0.2) is 0 Å². The molecular weight excluding hydrogens is 458 g/mol. The van der Waals surface area contributed by atoms with Crippen LogP contribution in [0.1, 0.15) is 40.5 Å². The fourth-order valence-electron chi connectivity index (χ4n) is 4.77. The first-order valence-electron chi connectivity index (χ1n) is 12.6. The summed E-state index contributed by atoms with van der Waals surface area (Å²) in [7, 11) is 1.59. The Bertz CT molecular complexity index is 1100. The second-order valence-electron chi connectivity index (χ2n) is 9.17. The number of amides is 3. The van der Waals surface area contributed by atoms with Gasteiger partial charge in [-0.05, 0) is 55.8 Å². The topological polar surface area (TPSA) is 94.2 Å². The molecule has 2 aromatic rings. The maximum Gasteiger partial charge on any atom is 0.254 e. The van der Waals surface area contributed by atoms with Gasteiger partial charge in [0.2, 0.25) is 5.91 Å². The van der Waals surface area contributed by atoms with Crippen LogP contribution in [0.4, 0.5) is 11.4 Å². The minimum atomic E-state index is -0.190. The van der Waals surface area contributed by atoms with Gasteiger partial charge in [-0.1, -0.05) is 6.07 Å². The van der Waals surface area contributed by atoms with E-state index in [9.17, 15) is 14.4 Å². The van der Waals surface area contributed by atoms with Crippen molar-refractivity contribution in [2.45, 2.75) is 19.8 Å². The molecule has 0 radical (unpaired) electrons. The molecule has 3 amide bonds. The fraction of sp³-hybridized carbons (Fsp3) is 0.444. The maximum atomic E-state index is 13.2. The van der Waals surface area contributed by atoms with Crippen molar-refractivity contribution in [1.29, 1.82) is 0 Å². The standard InChI is InChI=1S/C27H35N5O4/c1-20(33)29-24-19-22(27(35)31-12-4-10-28-11-15-31)8-9-25(24)30-13-5-14-32(17-16-30)26(34)21-6-3-7-23(18-21)36-2/h3,6-9,18-19,28H,4-5,10-17H2,1-2H3,(H,29,33). The molecule has 9 heteroatoms. The summed E-state index contributed by atoms with van der Waals surface area (Å²) in [4.78, 5) is 44.2. The largest absolute Gasteiger partial charge is 0.497 e. The molecule has 2 saturated heterocycles. The first-order chi connectivity index (χ1) is 17.5. The van der Waals surface area contributed by atoms with Crippen LogP contribution in [0.2, 0.25) is 0 Å². The molecule has 0 aliphatic carbocycles. The Morgan fingerprint density at radius 1 is 0.833 bits per heavy atom. The van der Waals surface area contributed by atoms with Crippen LogP contribution >= 0.6 is 0 Å². The molecule has 2 aliphatic heterocycles.